The summed E-state index contributed by atoms with van der Waals surface area (Å²) >= 11 is 0. The fourth-order valence-corrected chi connectivity index (χ4v) is 1.96. The Morgan fingerprint density at radius 1 is 1.21 bits per heavy atom. The molecule has 0 radical (unpaired) electrons. The van der Waals surface area contributed by atoms with Crippen molar-refractivity contribution >= 4 is 16.9 Å². The van der Waals surface area contributed by atoms with E-state index in [1.807, 2.05) is 24.3 Å². The van der Waals surface area contributed by atoms with Gasteiger partial charge in [0.15, 0.2) is 11.6 Å². The Hall–Kier alpha value is -2.50. The number of hydrogen-bond donors (Lipinski definition) is 2. The average Bonchev–Trinajstić information content (AvgIpc) is 2.78. The van der Waals surface area contributed by atoms with Crippen molar-refractivity contribution in [1.29, 1.82) is 0 Å². The number of H-pyrrole nitrogens is 1. The molecular formula is C13H12FN5. The SMILES string of the molecule is Cc1nc(Cc2nc3ccccc3[nH]2)nc(N)c1F. The maximum atomic E-state index is 13.3. The largest absolute Gasteiger partial charge is 0.381 e. The van der Waals surface area contributed by atoms with E-state index < -0.39 is 5.82 Å². The van der Waals surface area contributed by atoms with Crippen LogP contribution < -0.4 is 5.73 Å². The minimum atomic E-state index is -0.562. The minimum Gasteiger partial charge on any atom is -0.381 e. The molecule has 1 aromatic carbocycles. The Balaban J connectivity index is 1.96. The molecular weight excluding hydrogens is 245 g/mol. The first-order valence-corrected chi connectivity index (χ1v) is 5.85. The first kappa shape index (κ1) is 11.6. The first-order valence-electron chi connectivity index (χ1n) is 5.85. The Morgan fingerprint density at radius 3 is 2.74 bits per heavy atom. The van der Waals surface area contributed by atoms with Crippen molar-refractivity contribution in [2.24, 2.45) is 0 Å². The van der Waals surface area contributed by atoms with Gasteiger partial charge in [-0.1, -0.05) is 12.1 Å². The summed E-state index contributed by atoms with van der Waals surface area (Å²) in [6, 6.07) is 7.71. The molecule has 0 atom stereocenters. The summed E-state index contributed by atoms with van der Waals surface area (Å²) < 4.78 is 13.3. The molecule has 96 valence electrons. The Bertz CT molecular complexity index is 694. The van der Waals surface area contributed by atoms with E-state index in [1.54, 1.807) is 6.92 Å². The molecule has 19 heavy (non-hydrogen) atoms. The third kappa shape index (κ3) is 2.12. The van der Waals surface area contributed by atoms with Gasteiger partial charge in [0.05, 0.1) is 23.1 Å². The van der Waals surface area contributed by atoms with Gasteiger partial charge in [-0.2, -0.15) is 0 Å². The fraction of sp³-hybridized carbons (Fsp3) is 0.154. The van der Waals surface area contributed by atoms with Gasteiger partial charge in [-0.3, -0.25) is 0 Å². The van der Waals surface area contributed by atoms with E-state index in [1.165, 1.54) is 0 Å². The van der Waals surface area contributed by atoms with Crippen LogP contribution >= 0.6 is 0 Å². The number of anilines is 1. The van der Waals surface area contributed by atoms with Crippen LogP contribution in [-0.2, 0) is 6.42 Å². The predicted octanol–water partition coefficient (Wildman–Crippen LogP) is 1.97. The van der Waals surface area contributed by atoms with E-state index in [4.69, 9.17) is 5.73 Å². The highest BCUT2D eigenvalue weighted by Gasteiger charge is 2.10. The molecule has 3 aromatic rings. The van der Waals surface area contributed by atoms with Crippen LogP contribution in [0.15, 0.2) is 24.3 Å². The summed E-state index contributed by atoms with van der Waals surface area (Å²) in [5, 5.41) is 0. The molecule has 2 heterocycles. The van der Waals surface area contributed by atoms with Gasteiger partial charge in [0, 0.05) is 0 Å². The third-order valence-electron chi connectivity index (χ3n) is 2.85. The van der Waals surface area contributed by atoms with E-state index >= 15 is 0 Å². The maximum absolute atomic E-state index is 13.3. The molecule has 3 N–H and O–H groups in total. The topological polar surface area (TPSA) is 80.5 Å². The zero-order valence-corrected chi connectivity index (χ0v) is 10.3. The van der Waals surface area contributed by atoms with Crippen LogP contribution in [-0.4, -0.2) is 19.9 Å². The molecule has 0 aliphatic rings. The number of fused-ring (bicyclic) bond motifs is 1. The Morgan fingerprint density at radius 2 is 2.00 bits per heavy atom. The molecule has 5 nitrogen and oxygen atoms in total. The van der Waals surface area contributed by atoms with Crippen molar-refractivity contribution in [3.8, 4) is 0 Å². The maximum Gasteiger partial charge on any atom is 0.186 e. The lowest BCUT2D eigenvalue weighted by atomic mass is 10.3. The highest BCUT2D eigenvalue weighted by molar-refractivity contribution is 5.74. The molecule has 0 bridgehead atoms. The van der Waals surface area contributed by atoms with Gasteiger partial charge in [-0.25, -0.2) is 19.3 Å². The number of aromatic amines is 1. The monoisotopic (exact) mass is 257 g/mol. The van der Waals surface area contributed by atoms with Crippen LogP contribution in [0.3, 0.4) is 0 Å². The average molecular weight is 257 g/mol. The number of nitrogens with two attached hydrogens (primary N) is 1. The molecule has 6 heteroatoms. The number of aromatic nitrogens is 4. The Kier molecular flexibility index (Phi) is 2.63. The highest BCUT2D eigenvalue weighted by Crippen LogP contribution is 2.14. The van der Waals surface area contributed by atoms with Crippen molar-refractivity contribution in [3.63, 3.8) is 0 Å². The second kappa shape index (κ2) is 4.31. The molecule has 0 saturated heterocycles. The normalized spacial score (nSPS) is 11.1. The molecule has 0 aliphatic heterocycles. The van der Waals surface area contributed by atoms with Crippen LogP contribution in [0.5, 0.6) is 0 Å². The number of nitrogen functional groups attached to an aromatic ring is 1. The molecule has 0 aliphatic carbocycles. The number of nitrogens with one attached hydrogen (secondary N) is 1. The van der Waals surface area contributed by atoms with Crippen molar-refractivity contribution in [1.82, 2.24) is 19.9 Å². The second-order valence-corrected chi connectivity index (χ2v) is 4.30. The van der Waals surface area contributed by atoms with E-state index in [9.17, 15) is 4.39 Å². The molecule has 0 amide bonds. The standard InChI is InChI=1S/C13H12FN5/c1-7-12(14)13(15)19-10(16-7)6-11-17-8-4-2-3-5-9(8)18-11/h2-5H,6H2,1H3,(H,17,18)(H2,15,16,19). The quantitative estimate of drug-likeness (QED) is 0.735. The summed E-state index contributed by atoms with van der Waals surface area (Å²) in [5.41, 5.74) is 7.57. The van der Waals surface area contributed by atoms with E-state index in [0.29, 0.717) is 12.2 Å². The molecule has 0 fully saturated rings. The number of benzene rings is 1. The summed E-state index contributed by atoms with van der Waals surface area (Å²) in [4.78, 5) is 15.6. The second-order valence-electron chi connectivity index (χ2n) is 4.30. The van der Waals surface area contributed by atoms with Crippen LogP contribution in [0.4, 0.5) is 10.2 Å². The molecule has 0 saturated carbocycles. The lowest BCUT2D eigenvalue weighted by Gasteiger charge is -2.02. The van der Waals surface area contributed by atoms with Gasteiger partial charge < -0.3 is 10.7 Å². The van der Waals surface area contributed by atoms with Gasteiger partial charge in [0.2, 0.25) is 0 Å². The highest BCUT2D eigenvalue weighted by atomic mass is 19.1. The van der Waals surface area contributed by atoms with Crippen LogP contribution in [0.25, 0.3) is 11.0 Å². The van der Waals surface area contributed by atoms with Crippen molar-refractivity contribution < 1.29 is 4.39 Å². The number of rotatable bonds is 2. The van der Waals surface area contributed by atoms with Gasteiger partial charge in [0.25, 0.3) is 0 Å². The number of imidazole rings is 1. The summed E-state index contributed by atoms with van der Waals surface area (Å²) in [6.07, 6.45) is 0.389. The summed E-state index contributed by atoms with van der Waals surface area (Å²) in [7, 11) is 0. The predicted molar refractivity (Wildman–Crippen MR) is 70.0 cm³/mol. The van der Waals surface area contributed by atoms with Crippen molar-refractivity contribution in [2.75, 3.05) is 5.73 Å². The Labute approximate surface area is 108 Å². The van der Waals surface area contributed by atoms with E-state index in [2.05, 4.69) is 19.9 Å². The first-order chi connectivity index (χ1) is 9.13. The molecule has 0 unspecified atom stereocenters. The molecule has 0 spiro atoms. The van der Waals surface area contributed by atoms with Crippen molar-refractivity contribution in [2.45, 2.75) is 13.3 Å². The molecule has 2 aromatic heterocycles. The summed E-state index contributed by atoms with van der Waals surface area (Å²) in [5.74, 6) is 0.494. The fourth-order valence-electron chi connectivity index (χ4n) is 1.96. The van der Waals surface area contributed by atoms with Gasteiger partial charge in [-0.15, -0.1) is 0 Å². The van der Waals surface area contributed by atoms with Crippen LogP contribution in [0.1, 0.15) is 17.3 Å². The number of para-hydroxylation sites is 2. The number of halogens is 1. The van der Waals surface area contributed by atoms with E-state index in [-0.39, 0.29) is 11.5 Å². The number of nitrogens with zero attached hydrogens (tertiary/aromatic N) is 3. The minimum absolute atomic E-state index is 0.126. The smallest absolute Gasteiger partial charge is 0.186 e. The number of aryl methyl sites for hydroxylation is 1. The van der Waals surface area contributed by atoms with E-state index in [0.717, 1.165) is 16.9 Å². The third-order valence-corrected chi connectivity index (χ3v) is 2.85. The lowest BCUT2D eigenvalue weighted by Crippen LogP contribution is -2.06. The lowest BCUT2D eigenvalue weighted by molar-refractivity contribution is 0.603. The zero-order chi connectivity index (χ0) is 13.4. The molecule has 3 rings (SSSR count). The summed E-state index contributed by atoms with van der Waals surface area (Å²) in [6.45, 7) is 1.56. The van der Waals surface area contributed by atoms with Gasteiger partial charge in [-0.05, 0) is 19.1 Å². The number of hydrogen-bond acceptors (Lipinski definition) is 4. The van der Waals surface area contributed by atoms with Gasteiger partial charge >= 0.3 is 0 Å². The van der Waals surface area contributed by atoms with Crippen LogP contribution in [0, 0.1) is 12.7 Å². The van der Waals surface area contributed by atoms with Crippen LogP contribution in [0.2, 0.25) is 0 Å². The zero-order valence-electron chi connectivity index (χ0n) is 10.3. The van der Waals surface area contributed by atoms with Crippen molar-refractivity contribution in [3.05, 3.63) is 47.4 Å². The van der Waals surface area contributed by atoms with Gasteiger partial charge in [0.1, 0.15) is 11.6 Å².